The minimum Gasteiger partial charge on any atom is -0.409 e. The van der Waals surface area contributed by atoms with Crippen LogP contribution in [0.2, 0.25) is 0 Å². The second-order valence-corrected chi connectivity index (χ2v) is 4.33. The Hall–Kier alpha value is -1.30. The summed E-state index contributed by atoms with van der Waals surface area (Å²) < 4.78 is 0. The molecule has 100 valence electrons. The van der Waals surface area contributed by atoms with E-state index in [-0.39, 0.29) is 11.7 Å². The molecule has 0 saturated heterocycles. The van der Waals surface area contributed by atoms with Crippen molar-refractivity contribution in [3.05, 3.63) is 0 Å². The van der Waals surface area contributed by atoms with E-state index in [1.165, 1.54) is 0 Å². The fourth-order valence-corrected chi connectivity index (χ4v) is 1.71. The van der Waals surface area contributed by atoms with Crippen LogP contribution in [0.3, 0.4) is 0 Å². The van der Waals surface area contributed by atoms with Crippen LogP contribution in [0.5, 0.6) is 0 Å². The summed E-state index contributed by atoms with van der Waals surface area (Å²) in [5, 5.41) is 14.6. The number of amidine groups is 1. The van der Waals surface area contributed by atoms with Crippen molar-refractivity contribution in [1.29, 1.82) is 0 Å². The van der Waals surface area contributed by atoms with Crippen molar-refractivity contribution in [2.45, 2.75) is 26.7 Å². The summed E-state index contributed by atoms with van der Waals surface area (Å²) in [6, 6.07) is 0. The van der Waals surface area contributed by atoms with E-state index in [1.54, 1.807) is 0 Å². The Labute approximate surface area is 103 Å². The van der Waals surface area contributed by atoms with E-state index in [0.29, 0.717) is 19.4 Å². The molecule has 0 aromatic carbocycles. The molecule has 0 heterocycles. The number of rotatable bonds is 7. The lowest BCUT2D eigenvalue weighted by molar-refractivity contribution is -0.128. The summed E-state index contributed by atoms with van der Waals surface area (Å²) in [6.45, 7) is 5.01. The van der Waals surface area contributed by atoms with E-state index >= 15 is 0 Å². The van der Waals surface area contributed by atoms with E-state index in [0.717, 1.165) is 6.54 Å². The quantitative estimate of drug-likeness (QED) is 0.258. The van der Waals surface area contributed by atoms with Gasteiger partial charge in [0, 0.05) is 13.1 Å². The number of likely N-dealkylation sites (N-methyl/N-ethyl adjacent to an activating group) is 1. The van der Waals surface area contributed by atoms with Gasteiger partial charge in [-0.05, 0) is 26.9 Å². The van der Waals surface area contributed by atoms with Gasteiger partial charge in [0.1, 0.15) is 5.41 Å². The minimum absolute atomic E-state index is 0.0233. The second-order valence-electron chi connectivity index (χ2n) is 4.33. The first kappa shape index (κ1) is 15.7. The van der Waals surface area contributed by atoms with Crippen LogP contribution in [-0.4, -0.2) is 49.0 Å². The molecule has 0 bridgehead atoms. The Morgan fingerprint density at radius 1 is 1.41 bits per heavy atom. The molecule has 1 amide bonds. The van der Waals surface area contributed by atoms with Gasteiger partial charge in [-0.2, -0.15) is 0 Å². The third-order valence-corrected chi connectivity index (χ3v) is 3.08. The normalized spacial score (nSPS) is 12.9. The van der Waals surface area contributed by atoms with E-state index in [2.05, 4.69) is 10.5 Å². The molecule has 0 fully saturated rings. The molecule has 0 atom stereocenters. The zero-order valence-corrected chi connectivity index (χ0v) is 11.2. The third-order valence-electron chi connectivity index (χ3n) is 3.08. The molecule has 0 aliphatic rings. The number of nitrogens with one attached hydrogen (secondary N) is 1. The second kappa shape index (κ2) is 7.11. The lowest BCUT2D eigenvalue weighted by atomic mass is 9.80. The molecule has 0 saturated carbocycles. The Morgan fingerprint density at radius 2 is 1.94 bits per heavy atom. The molecule has 17 heavy (non-hydrogen) atoms. The standard InChI is InChI=1S/C11H24N4O2/c1-5-11(6-2,9(12)14-17)10(16)13-7-8-15(3)4/h17H,5-8H2,1-4H3,(H2,12,14)(H,13,16). The Kier molecular flexibility index (Phi) is 6.57. The van der Waals surface area contributed by atoms with E-state index in [9.17, 15) is 4.79 Å². The molecule has 4 N–H and O–H groups in total. The third kappa shape index (κ3) is 3.89. The monoisotopic (exact) mass is 244 g/mol. The topological polar surface area (TPSA) is 91.0 Å². The predicted molar refractivity (Wildman–Crippen MR) is 68.0 cm³/mol. The van der Waals surface area contributed by atoms with Crippen molar-refractivity contribution in [2.24, 2.45) is 16.3 Å². The molecule has 6 nitrogen and oxygen atoms in total. The molecule has 0 aliphatic carbocycles. The summed E-state index contributed by atoms with van der Waals surface area (Å²) in [4.78, 5) is 14.1. The molecule has 0 spiro atoms. The van der Waals surface area contributed by atoms with Crippen LogP contribution in [0, 0.1) is 5.41 Å². The summed E-state index contributed by atoms with van der Waals surface area (Å²) >= 11 is 0. The number of oxime groups is 1. The zero-order valence-electron chi connectivity index (χ0n) is 11.2. The van der Waals surface area contributed by atoms with E-state index < -0.39 is 5.41 Å². The van der Waals surface area contributed by atoms with E-state index in [1.807, 2.05) is 32.8 Å². The van der Waals surface area contributed by atoms with Crippen molar-refractivity contribution in [3.63, 3.8) is 0 Å². The van der Waals surface area contributed by atoms with Crippen molar-refractivity contribution in [3.8, 4) is 0 Å². The van der Waals surface area contributed by atoms with Crippen molar-refractivity contribution >= 4 is 11.7 Å². The number of nitrogens with zero attached hydrogens (tertiary/aromatic N) is 2. The van der Waals surface area contributed by atoms with Crippen LogP contribution < -0.4 is 11.1 Å². The molecule has 0 aliphatic heterocycles. The first-order chi connectivity index (χ1) is 7.94. The lowest BCUT2D eigenvalue weighted by Crippen LogP contribution is -2.50. The van der Waals surface area contributed by atoms with Crippen molar-refractivity contribution < 1.29 is 10.0 Å². The highest BCUT2D eigenvalue weighted by molar-refractivity contribution is 6.06. The van der Waals surface area contributed by atoms with Crippen LogP contribution in [-0.2, 0) is 4.79 Å². The average molecular weight is 244 g/mol. The number of hydrogen-bond acceptors (Lipinski definition) is 4. The molecule has 0 aromatic rings. The summed E-state index contributed by atoms with van der Waals surface area (Å²) in [5.74, 6) is -0.204. The SMILES string of the molecule is CCC(CC)(C(=O)NCCN(C)C)C(N)=NO. The van der Waals surface area contributed by atoms with Gasteiger partial charge in [-0.15, -0.1) is 0 Å². The largest absolute Gasteiger partial charge is 0.409 e. The van der Waals surface area contributed by atoms with Gasteiger partial charge in [0.15, 0.2) is 5.84 Å². The number of nitrogens with two attached hydrogens (primary N) is 1. The van der Waals surface area contributed by atoms with Crippen LogP contribution in [0.4, 0.5) is 0 Å². The fourth-order valence-electron chi connectivity index (χ4n) is 1.71. The maximum Gasteiger partial charge on any atom is 0.233 e. The maximum absolute atomic E-state index is 12.1. The Morgan fingerprint density at radius 3 is 2.29 bits per heavy atom. The summed E-state index contributed by atoms with van der Waals surface area (Å²) in [5.41, 5.74) is 4.73. The molecule has 0 aromatic heterocycles. The first-order valence-corrected chi connectivity index (χ1v) is 5.85. The molecule has 0 rings (SSSR count). The van der Waals surface area contributed by atoms with Crippen LogP contribution >= 0.6 is 0 Å². The van der Waals surface area contributed by atoms with Gasteiger partial charge in [-0.3, -0.25) is 4.79 Å². The Balaban J connectivity index is 4.66. The molecular formula is C11H24N4O2. The zero-order chi connectivity index (χ0) is 13.5. The maximum atomic E-state index is 12.1. The highest BCUT2D eigenvalue weighted by Crippen LogP contribution is 2.26. The summed E-state index contributed by atoms with van der Waals surface area (Å²) in [7, 11) is 3.87. The number of carbonyl (C=O) groups is 1. The molecule has 0 unspecified atom stereocenters. The first-order valence-electron chi connectivity index (χ1n) is 5.85. The lowest BCUT2D eigenvalue weighted by Gasteiger charge is -2.28. The van der Waals surface area contributed by atoms with Crippen LogP contribution in [0.15, 0.2) is 5.16 Å². The van der Waals surface area contributed by atoms with Gasteiger partial charge >= 0.3 is 0 Å². The summed E-state index contributed by atoms with van der Waals surface area (Å²) in [6.07, 6.45) is 1.01. The highest BCUT2D eigenvalue weighted by Gasteiger charge is 2.39. The molecular weight excluding hydrogens is 220 g/mol. The van der Waals surface area contributed by atoms with Crippen molar-refractivity contribution in [1.82, 2.24) is 10.2 Å². The number of amides is 1. The van der Waals surface area contributed by atoms with Crippen molar-refractivity contribution in [2.75, 3.05) is 27.2 Å². The van der Waals surface area contributed by atoms with Gasteiger partial charge in [-0.25, -0.2) is 0 Å². The average Bonchev–Trinajstić information content (AvgIpc) is 2.30. The predicted octanol–water partition coefficient (Wildman–Crippen LogP) is 0.217. The molecule has 6 heteroatoms. The Bertz CT molecular complexity index is 273. The van der Waals surface area contributed by atoms with Gasteiger partial charge in [-0.1, -0.05) is 19.0 Å². The minimum atomic E-state index is -0.902. The number of carbonyl (C=O) groups excluding carboxylic acids is 1. The number of hydrogen-bond donors (Lipinski definition) is 3. The van der Waals surface area contributed by atoms with Gasteiger partial charge in [0.25, 0.3) is 0 Å². The van der Waals surface area contributed by atoms with Gasteiger partial charge in [0.2, 0.25) is 5.91 Å². The van der Waals surface area contributed by atoms with Crippen LogP contribution in [0.25, 0.3) is 0 Å². The van der Waals surface area contributed by atoms with E-state index in [4.69, 9.17) is 10.9 Å². The van der Waals surface area contributed by atoms with Gasteiger partial charge < -0.3 is 21.2 Å². The van der Waals surface area contributed by atoms with Gasteiger partial charge in [0.05, 0.1) is 0 Å². The highest BCUT2D eigenvalue weighted by atomic mass is 16.4. The smallest absolute Gasteiger partial charge is 0.233 e. The van der Waals surface area contributed by atoms with Crippen LogP contribution in [0.1, 0.15) is 26.7 Å². The fraction of sp³-hybridized carbons (Fsp3) is 0.818. The molecule has 0 radical (unpaired) electrons.